The van der Waals surface area contributed by atoms with E-state index in [1.807, 2.05) is 0 Å². The molecule has 3 rings (SSSR count). The van der Waals surface area contributed by atoms with Crippen LogP contribution in [0.15, 0.2) is 30.2 Å². The van der Waals surface area contributed by atoms with E-state index in [1.165, 1.54) is 35.4 Å². The minimum atomic E-state index is -2.64. The van der Waals surface area contributed by atoms with E-state index in [1.54, 1.807) is 6.92 Å². The SMILES string of the molecule is CC1C(=Cc2cccn2C(F)F)C(=O)c2ncnn21. The third kappa shape index (κ3) is 1.69. The first-order valence-electron chi connectivity index (χ1n) is 5.70. The predicted octanol–water partition coefficient (Wildman–Crippen LogP) is 2.32. The first kappa shape index (κ1) is 11.8. The maximum Gasteiger partial charge on any atom is 0.318 e. The Labute approximate surface area is 107 Å². The van der Waals surface area contributed by atoms with E-state index < -0.39 is 6.55 Å². The molecule has 0 aromatic carbocycles. The molecular formula is C12H10F2N4O. The molecular weight excluding hydrogens is 254 g/mol. The summed E-state index contributed by atoms with van der Waals surface area (Å²) in [5.41, 5.74) is 0.701. The van der Waals surface area contributed by atoms with Gasteiger partial charge in [0.25, 0.3) is 0 Å². The van der Waals surface area contributed by atoms with Gasteiger partial charge in [-0.1, -0.05) is 0 Å². The summed E-state index contributed by atoms with van der Waals surface area (Å²) in [7, 11) is 0. The number of alkyl halides is 2. The van der Waals surface area contributed by atoms with Crippen molar-refractivity contribution in [3.63, 3.8) is 0 Å². The number of carbonyl (C=O) groups excluding carboxylic acids is 1. The van der Waals surface area contributed by atoms with Gasteiger partial charge in [-0.05, 0) is 25.1 Å². The Morgan fingerprint density at radius 2 is 2.26 bits per heavy atom. The summed E-state index contributed by atoms with van der Waals surface area (Å²) in [5.74, 6) is -0.0269. The standard InChI is InChI=1S/C12H10F2N4O/c1-7-9(10(19)11-15-6-16-18(7)11)5-8-3-2-4-17(8)12(13)14/h2-7,12H,1H3. The lowest BCUT2D eigenvalue weighted by molar-refractivity contribution is 0.0700. The maximum atomic E-state index is 12.8. The van der Waals surface area contributed by atoms with Gasteiger partial charge in [0.15, 0.2) is 5.82 Å². The largest absolute Gasteiger partial charge is 0.318 e. The predicted molar refractivity (Wildman–Crippen MR) is 62.7 cm³/mol. The fraction of sp³-hybridized carbons (Fsp3) is 0.250. The molecule has 0 bridgehead atoms. The number of halogens is 2. The molecule has 2 aromatic rings. The summed E-state index contributed by atoms with van der Waals surface area (Å²) in [6.07, 6.45) is 4.05. The van der Waals surface area contributed by atoms with E-state index in [2.05, 4.69) is 10.1 Å². The van der Waals surface area contributed by atoms with Crippen molar-refractivity contribution in [1.29, 1.82) is 0 Å². The second-order valence-corrected chi connectivity index (χ2v) is 4.25. The van der Waals surface area contributed by atoms with Crippen LogP contribution in [0.2, 0.25) is 0 Å². The molecule has 1 aliphatic rings. The summed E-state index contributed by atoms with van der Waals surface area (Å²) in [5, 5.41) is 3.95. The zero-order valence-corrected chi connectivity index (χ0v) is 9.99. The zero-order valence-electron chi connectivity index (χ0n) is 9.99. The van der Waals surface area contributed by atoms with Crippen LogP contribution in [0.3, 0.4) is 0 Å². The van der Waals surface area contributed by atoms with E-state index in [0.717, 1.165) is 4.57 Å². The lowest BCUT2D eigenvalue weighted by Gasteiger charge is -2.07. The fourth-order valence-corrected chi connectivity index (χ4v) is 2.20. The van der Waals surface area contributed by atoms with Crippen LogP contribution in [-0.4, -0.2) is 25.1 Å². The molecule has 1 aliphatic heterocycles. The molecule has 0 saturated heterocycles. The average molecular weight is 264 g/mol. The monoisotopic (exact) mass is 264 g/mol. The number of Topliss-reactive ketones (excluding diaryl/α,β-unsaturated/α-hetero) is 1. The summed E-state index contributed by atoms with van der Waals surface area (Å²) in [6.45, 7) is -0.853. The lowest BCUT2D eigenvalue weighted by atomic mass is 10.1. The van der Waals surface area contributed by atoms with E-state index in [9.17, 15) is 13.6 Å². The third-order valence-electron chi connectivity index (χ3n) is 3.18. The van der Waals surface area contributed by atoms with Crippen molar-refractivity contribution in [3.8, 4) is 0 Å². The first-order valence-corrected chi connectivity index (χ1v) is 5.70. The average Bonchev–Trinajstić information content (AvgIpc) is 3.05. The van der Waals surface area contributed by atoms with Gasteiger partial charge >= 0.3 is 6.55 Å². The molecule has 0 N–H and O–H groups in total. The Bertz CT molecular complexity index is 671. The van der Waals surface area contributed by atoms with Gasteiger partial charge in [0.05, 0.1) is 6.04 Å². The van der Waals surface area contributed by atoms with Gasteiger partial charge in [-0.25, -0.2) is 9.67 Å². The molecule has 0 amide bonds. The Morgan fingerprint density at radius 1 is 1.47 bits per heavy atom. The highest BCUT2D eigenvalue weighted by molar-refractivity contribution is 6.11. The van der Waals surface area contributed by atoms with Crippen LogP contribution in [0, 0.1) is 0 Å². The second kappa shape index (κ2) is 4.11. The van der Waals surface area contributed by atoms with Crippen LogP contribution in [0.4, 0.5) is 8.78 Å². The summed E-state index contributed by atoms with van der Waals surface area (Å²) in [6, 6.07) is 2.75. The van der Waals surface area contributed by atoms with Gasteiger partial charge in [-0.3, -0.25) is 9.36 Å². The highest BCUT2D eigenvalue weighted by Gasteiger charge is 2.33. The minimum absolute atomic E-state index is 0.244. The number of rotatable bonds is 2. The molecule has 3 heterocycles. The maximum absolute atomic E-state index is 12.8. The number of hydrogen-bond donors (Lipinski definition) is 0. The van der Waals surface area contributed by atoms with Crippen LogP contribution in [-0.2, 0) is 0 Å². The van der Waals surface area contributed by atoms with E-state index >= 15 is 0 Å². The van der Waals surface area contributed by atoms with Crippen molar-refractivity contribution >= 4 is 11.9 Å². The van der Waals surface area contributed by atoms with Gasteiger partial charge < -0.3 is 0 Å². The van der Waals surface area contributed by atoms with Crippen LogP contribution >= 0.6 is 0 Å². The molecule has 0 fully saturated rings. The third-order valence-corrected chi connectivity index (χ3v) is 3.18. The number of allylic oxidation sites excluding steroid dienone is 1. The fourth-order valence-electron chi connectivity index (χ4n) is 2.20. The van der Waals surface area contributed by atoms with Gasteiger partial charge in [-0.15, -0.1) is 0 Å². The molecule has 0 radical (unpaired) electrons. The minimum Gasteiger partial charge on any atom is -0.292 e. The van der Waals surface area contributed by atoms with Crippen molar-refractivity contribution < 1.29 is 13.6 Å². The first-order chi connectivity index (χ1) is 9.09. The molecule has 5 nitrogen and oxygen atoms in total. The summed E-state index contributed by atoms with van der Waals surface area (Å²) >= 11 is 0. The number of ketones is 1. The highest BCUT2D eigenvalue weighted by atomic mass is 19.3. The summed E-state index contributed by atoms with van der Waals surface area (Å²) < 4.78 is 27.8. The lowest BCUT2D eigenvalue weighted by Crippen LogP contribution is -2.04. The van der Waals surface area contributed by atoms with Crippen LogP contribution in [0.25, 0.3) is 6.08 Å². The molecule has 19 heavy (non-hydrogen) atoms. The number of hydrogen-bond acceptors (Lipinski definition) is 3. The smallest absolute Gasteiger partial charge is 0.292 e. The molecule has 2 aromatic heterocycles. The van der Waals surface area contributed by atoms with Gasteiger partial charge in [0.1, 0.15) is 6.33 Å². The zero-order chi connectivity index (χ0) is 13.6. The molecule has 0 spiro atoms. The van der Waals surface area contributed by atoms with Crippen LogP contribution < -0.4 is 0 Å². The van der Waals surface area contributed by atoms with Crippen LogP contribution in [0.5, 0.6) is 0 Å². The number of fused-ring (bicyclic) bond motifs is 1. The second-order valence-electron chi connectivity index (χ2n) is 4.25. The highest BCUT2D eigenvalue weighted by Crippen LogP contribution is 2.30. The Hall–Kier alpha value is -2.31. The van der Waals surface area contributed by atoms with Gasteiger partial charge in [0, 0.05) is 17.5 Å². The van der Waals surface area contributed by atoms with Crippen molar-refractivity contribution in [2.24, 2.45) is 0 Å². The van der Waals surface area contributed by atoms with Crippen LogP contribution in [0.1, 0.15) is 35.8 Å². The van der Waals surface area contributed by atoms with Gasteiger partial charge in [0.2, 0.25) is 5.78 Å². The molecule has 98 valence electrons. The van der Waals surface area contributed by atoms with E-state index in [4.69, 9.17) is 0 Å². The Balaban J connectivity index is 2.04. The molecule has 7 heteroatoms. The molecule has 1 atom stereocenters. The summed E-state index contributed by atoms with van der Waals surface area (Å²) in [4.78, 5) is 16.0. The number of nitrogens with zero attached hydrogens (tertiary/aromatic N) is 4. The van der Waals surface area contributed by atoms with Crippen molar-refractivity contribution in [3.05, 3.63) is 41.7 Å². The molecule has 1 unspecified atom stereocenters. The quantitative estimate of drug-likeness (QED) is 0.782. The number of aromatic nitrogens is 4. The number of carbonyl (C=O) groups is 1. The normalized spacial score (nSPS) is 20.5. The molecule has 0 aliphatic carbocycles. The molecule has 0 saturated carbocycles. The topological polar surface area (TPSA) is 52.7 Å². The van der Waals surface area contributed by atoms with E-state index in [0.29, 0.717) is 5.57 Å². The van der Waals surface area contributed by atoms with E-state index in [-0.39, 0.29) is 23.3 Å². The van der Waals surface area contributed by atoms with Crippen molar-refractivity contribution in [1.82, 2.24) is 19.3 Å². The van der Waals surface area contributed by atoms with Gasteiger partial charge in [-0.2, -0.15) is 13.9 Å². The Morgan fingerprint density at radius 3 is 2.95 bits per heavy atom. The van der Waals surface area contributed by atoms with Crippen molar-refractivity contribution in [2.75, 3.05) is 0 Å². The van der Waals surface area contributed by atoms with Crippen molar-refractivity contribution in [2.45, 2.75) is 19.5 Å². The Kier molecular flexibility index (Phi) is 2.55.